The van der Waals surface area contributed by atoms with Crippen molar-refractivity contribution in [2.75, 3.05) is 0 Å². The van der Waals surface area contributed by atoms with Gasteiger partial charge in [0.25, 0.3) is 0 Å². The summed E-state index contributed by atoms with van der Waals surface area (Å²) >= 11 is 0. The van der Waals surface area contributed by atoms with Gasteiger partial charge in [0.1, 0.15) is 0 Å². The Morgan fingerprint density at radius 1 is 0.909 bits per heavy atom. The fourth-order valence-electron chi connectivity index (χ4n) is 4.03. The van der Waals surface area contributed by atoms with E-state index >= 15 is 0 Å². The van der Waals surface area contributed by atoms with Crippen molar-refractivity contribution in [2.24, 2.45) is 17.8 Å². The minimum atomic E-state index is -0.189. The maximum Gasteiger partial charge on any atom is 0.0681 e. The Morgan fingerprint density at radius 2 is 1.45 bits per heavy atom. The first-order valence-corrected chi connectivity index (χ1v) is 5.02. The number of aliphatic hydroxyl groups is 1. The zero-order valence-electron chi connectivity index (χ0n) is 6.92. The molecule has 3 fully saturated rings. The Hall–Kier alpha value is -0.0400. The molecule has 3 rings (SSSR count). The van der Waals surface area contributed by atoms with Crippen molar-refractivity contribution < 1.29 is 5.11 Å². The summed E-state index contributed by atoms with van der Waals surface area (Å²) < 4.78 is 0. The average Bonchev–Trinajstić information content (AvgIpc) is 2.54. The Labute approximate surface area is 67.8 Å². The smallest absolute Gasteiger partial charge is 0.0681 e. The van der Waals surface area contributed by atoms with Crippen LogP contribution in [0.5, 0.6) is 0 Å². The summed E-state index contributed by atoms with van der Waals surface area (Å²) in [5.74, 6) is 2.54. The summed E-state index contributed by atoms with van der Waals surface area (Å²) in [5.41, 5.74) is -0.189. The Kier molecular flexibility index (Phi) is 1.07. The third kappa shape index (κ3) is 0.658. The van der Waals surface area contributed by atoms with Crippen molar-refractivity contribution in [2.45, 2.75) is 44.1 Å². The van der Waals surface area contributed by atoms with Crippen LogP contribution in [0.25, 0.3) is 0 Å². The highest BCUT2D eigenvalue weighted by molar-refractivity contribution is 5.07. The molecule has 1 nitrogen and oxygen atoms in total. The second-order valence-electron chi connectivity index (χ2n) is 4.80. The predicted octanol–water partition coefficient (Wildman–Crippen LogP) is 1.95. The van der Waals surface area contributed by atoms with Crippen LogP contribution in [-0.4, -0.2) is 10.7 Å². The van der Waals surface area contributed by atoms with E-state index in [4.69, 9.17) is 0 Å². The molecule has 62 valence electrons. The summed E-state index contributed by atoms with van der Waals surface area (Å²) in [4.78, 5) is 0. The minimum Gasteiger partial charge on any atom is -0.390 e. The molecular weight excluding hydrogens is 136 g/mol. The summed E-state index contributed by atoms with van der Waals surface area (Å²) in [6, 6.07) is 0. The molecule has 0 bridgehead atoms. The second-order valence-corrected chi connectivity index (χ2v) is 4.80. The first-order valence-electron chi connectivity index (χ1n) is 5.02. The van der Waals surface area contributed by atoms with Gasteiger partial charge in [-0.15, -0.1) is 0 Å². The number of hydrogen-bond donors (Lipinski definition) is 1. The van der Waals surface area contributed by atoms with Gasteiger partial charge in [-0.1, -0.05) is 0 Å². The largest absolute Gasteiger partial charge is 0.390 e. The van der Waals surface area contributed by atoms with Gasteiger partial charge in [-0.2, -0.15) is 0 Å². The third-order valence-electron chi connectivity index (χ3n) is 4.44. The quantitative estimate of drug-likeness (QED) is 0.562. The molecule has 0 aromatic carbocycles. The van der Waals surface area contributed by atoms with E-state index in [9.17, 15) is 5.11 Å². The fraction of sp³-hybridized carbons (Fsp3) is 1.00. The first kappa shape index (κ1) is 6.47. The molecule has 0 spiro atoms. The standard InChI is InChI=1S/C10H16O/c11-10-5-3-7-1-2-8(4-6-10)9(7)10/h7-9,11H,1-6H2/t7-,8+,9?,10?. The molecular formula is C10H16O. The summed E-state index contributed by atoms with van der Waals surface area (Å²) in [6.07, 6.45) is 7.68. The zero-order chi connectivity index (χ0) is 7.47. The molecule has 0 aromatic heterocycles. The lowest BCUT2D eigenvalue weighted by Gasteiger charge is -2.23. The molecule has 1 N–H and O–H groups in total. The van der Waals surface area contributed by atoms with Gasteiger partial charge in [0.05, 0.1) is 5.60 Å². The fourth-order valence-corrected chi connectivity index (χ4v) is 4.03. The van der Waals surface area contributed by atoms with E-state index in [1.165, 1.54) is 25.7 Å². The monoisotopic (exact) mass is 152 g/mol. The lowest BCUT2D eigenvalue weighted by atomic mass is 9.89. The number of hydrogen-bond acceptors (Lipinski definition) is 1. The summed E-state index contributed by atoms with van der Waals surface area (Å²) in [7, 11) is 0. The van der Waals surface area contributed by atoms with Gasteiger partial charge >= 0.3 is 0 Å². The van der Waals surface area contributed by atoms with E-state index in [-0.39, 0.29) is 5.60 Å². The van der Waals surface area contributed by atoms with Gasteiger partial charge in [-0.05, 0) is 56.3 Å². The minimum absolute atomic E-state index is 0.189. The van der Waals surface area contributed by atoms with Gasteiger partial charge in [0.2, 0.25) is 0 Å². The second kappa shape index (κ2) is 1.82. The van der Waals surface area contributed by atoms with Crippen LogP contribution < -0.4 is 0 Å². The highest BCUT2D eigenvalue weighted by atomic mass is 16.3. The van der Waals surface area contributed by atoms with Crippen molar-refractivity contribution >= 4 is 0 Å². The zero-order valence-corrected chi connectivity index (χ0v) is 6.92. The lowest BCUT2D eigenvalue weighted by Crippen LogP contribution is -2.29. The van der Waals surface area contributed by atoms with E-state index in [0.717, 1.165) is 30.6 Å². The van der Waals surface area contributed by atoms with Gasteiger partial charge in [-0.3, -0.25) is 0 Å². The normalized spacial score (nSPS) is 60.3. The molecule has 3 aliphatic carbocycles. The Bertz CT molecular complexity index is 171. The van der Waals surface area contributed by atoms with Crippen molar-refractivity contribution in [1.82, 2.24) is 0 Å². The van der Waals surface area contributed by atoms with E-state index in [2.05, 4.69) is 0 Å². The first-order chi connectivity index (χ1) is 5.30. The van der Waals surface area contributed by atoms with Gasteiger partial charge in [0.15, 0.2) is 0 Å². The van der Waals surface area contributed by atoms with Crippen molar-refractivity contribution in [3.8, 4) is 0 Å². The van der Waals surface area contributed by atoms with Crippen LogP contribution in [-0.2, 0) is 0 Å². The maximum atomic E-state index is 10.2. The number of rotatable bonds is 0. The molecule has 0 saturated heterocycles. The molecule has 1 heteroatoms. The Balaban J connectivity index is 2.00. The molecule has 11 heavy (non-hydrogen) atoms. The molecule has 4 atom stereocenters. The van der Waals surface area contributed by atoms with Crippen LogP contribution in [0.1, 0.15) is 38.5 Å². The van der Waals surface area contributed by atoms with Crippen molar-refractivity contribution in [3.63, 3.8) is 0 Å². The molecule has 0 heterocycles. The van der Waals surface area contributed by atoms with Gasteiger partial charge < -0.3 is 5.11 Å². The molecule has 3 aliphatic rings. The van der Waals surface area contributed by atoms with Crippen LogP contribution >= 0.6 is 0 Å². The van der Waals surface area contributed by atoms with Gasteiger partial charge in [0, 0.05) is 0 Å². The van der Waals surface area contributed by atoms with Crippen LogP contribution in [0.2, 0.25) is 0 Å². The average molecular weight is 152 g/mol. The van der Waals surface area contributed by atoms with Crippen molar-refractivity contribution in [3.05, 3.63) is 0 Å². The molecule has 0 amide bonds. The molecule has 2 unspecified atom stereocenters. The molecule has 0 aromatic rings. The maximum absolute atomic E-state index is 10.2. The lowest BCUT2D eigenvalue weighted by molar-refractivity contribution is 0.0130. The molecule has 0 aliphatic heterocycles. The Morgan fingerprint density at radius 3 is 2.00 bits per heavy atom. The topological polar surface area (TPSA) is 20.2 Å². The highest BCUT2D eigenvalue weighted by Gasteiger charge is 2.57. The SMILES string of the molecule is OC12CC[C@H]3CC[C@@H](CC1)C32. The summed E-state index contributed by atoms with van der Waals surface area (Å²) in [6.45, 7) is 0. The van der Waals surface area contributed by atoms with Gasteiger partial charge in [-0.25, -0.2) is 0 Å². The molecule has 0 radical (unpaired) electrons. The van der Waals surface area contributed by atoms with Crippen molar-refractivity contribution in [1.29, 1.82) is 0 Å². The molecule has 3 saturated carbocycles. The van der Waals surface area contributed by atoms with Crippen LogP contribution in [0.4, 0.5) is 0 Å². The predicted molar refractivity (Wildman–Crippen MR) is 43.1 cm³/mol. The van der Waals surface area contributed by atoms with Crippen LogP contribution in [0, 0.1) is 17.8 Å². The van der Waals surface area contributed by atoms with E-state index in [0.29, 0.717) is 0 Å². The third-order valence-corrected chi connectivity index (χ3v) is 4.44. The highest BCUT2D eigenvalue weighted by Crippen LogP contribution is 2.60. The summed E-state index contributed by atoms with van der Waals surface area (Å²) in [5, 5.41) is 10.2. The van der Waals surface area contributed by atoms with E-state index in [1.54, 1.807) is 0 Å². The van der Waals surface area contributed by atoms with E-state index < -0.39 is 0 Å². The van der Waals surface area contributed by atoms with E-state index in [1.807, 2.05) is 0 Å². The van der Waals surface area contributed by atoms with Crippen LogP contribution in [0.15, 0.2) is 0 Å². The van der Waals surface area contributed by atoms with Crippen LogP contribution in [0.3, 0.4) is 0 Å².